The Labute approximate surface area is 210 Å². The van der Waals surface area contributed by atoms with E-state index in [0.717, 1.165) is 16.7 Å². The van der Waals surface area contributed by atoms with Gasteiger partial charge >= 0.3 is 0 Å². The average Bonchev–Trinajstić information content (AvgIpc) is 2.77. The molecular formula is C27H39N3O4S. The van der Waals surface area contributed by atoms with Crippen molar-refractivity contribution in [1.29, 1.82) is 0 Å². The molecular weight excluding hydrogens is 462 g/mol. The molecule has 2 aromatic carbocycles. The average molecular weight is 502 g/mol. The lowest BCUT2D eigenvalue weighted by molar-refractivity contribution is -0.140. The Morgan fingerprint density at radius 3 is 2.17 bits per heavy atom. The topological polar surface area (TPSA) is 86.8 Å². The van der Waals surface area contributed by atoms with Gasteiger partial charge in [-0.25, -0.2) is 8.42 Å². The van der Waals surface area contributed by atoms with E-state index in [1.54, 1.807) is 17.9 Å². The van der Waals surface area contributed by atoms with Crippen LogP contribution in [0.25, 0.3) is 0 Å². The highest BCUT2D eigenvalue weighted by Gasteiger charge is 2.26. The lowest BCUT2D eigenvalue weighted by Crippen LogP contribution is -2.48. The van der Waals surface area contributed by atoms with Gasteiger partial charge in [0, 0.05) is 26.1 Å². The van der Waals surface area contributed by atoms with Crippen molar-refractivity contribution in [3.8, 4) is 0 Å². The van der Waals surface area contributed by atoms with E-state index in [0.29, 0.717) is 31.1 Å². The molecule has 0 aliphatic rings. The van der Waals surface area contributed by atoms with Crippen LogP contribution in [-0.2, 0) is 26.2 Å². The largest absolute Gasteiger partial charge is 0.354 e. The first kappa shape index (κ1) is 28.4. The molecule has 0 aliphatic heterocycles. The number of hydrogen-bond donors (Lipinski definition) is 1. The van der Waals surface area contributed by atoms with Crippen LogP contribution in [0.2, 0.25) is 0 Å². The maximum atomic E-state index is 13.3. The number of aryl methyl sites for hydroxylation is 2. The van der Waals surface area contributed by atoms with E-state index in [4.69, 9.17) is 0 Å². The fourth-order valence-electron chi connectivity index (χ4n) is 3.83. The van der Waals surface area contributed by atoms with Crippen LogP contribution in [0.4, 0.5) is 5.69 Å². The summed E-state index contributed by atoms with van der Waals surface area (Å²) in [7, 11) is -3.51. The molecule has 2 rings (SSSR count). The van der Waals surface area contributed by atoms with E-state index in [-0.39, 0.29) is 24.8 Å². The van der Waals surface area contributed by atoms with Gasteiger partial charge in [-0.3, -0.25) is 13.9 Å². The van der Waals surface area contributed by atoms with Crippen LogP contribution in [0.3, 0.4) is 0 Å². The van der Waals surface area contributed by atoms with Gasteiger partial charge in [-0.1, -0.05) is 55.8 Å². The second-order valence-electron chi connectivity index (χ2n) is 9.60. The number of nitrogens with zero attached hydrogens (tertiary/aromatic N) is 2. The van der Waals surface area contributed by atoms with Crippen LogP contribution in [0, 0.1) is 19.8 Å². The van der Waals surface area contributed by atoms with E-state index in [1.807, 2.05) is 70.2 Å². The van der Waals surface area contributed by atoms with Gasteiger partial charge in [0.1, 0.15) is 6.04 Å². The maximum absolute atomic E-state index is 13.3. The molecule has 0 radical (unpaired) electrons. The normalized spacial score (nSPS) is 12.3. The lowest BCUT2D eigenvalue weighted by atomic mass is 10.1. The van der Waals surface area contributed by atoms with Crippen molar-refractivity contribution in [3.63, 3.8) is 0 Å². The number of nitrogens with one attached hydrogen (secondary N) is 1. The molecule has 1 unspecified atom stereocenters. The smallest absolute Gasteiger partial charge is 0.242 e. The van der Waals surface area contributed by atoms with Gasteiger partial charge in [-0.15, -0.1) is 0 Å². The van der Waals surface area contributed by atoms with Crippen molar-refractivity contribution in [2.24, 2.45) is 5.92 Å². The zero-order chi connectivity index (χ0) is 26.2. The summed E-state index contributed by atoms with van der Waals surface area (Å²) in [6.07, 6.45) is 1.64. The van der Waals surface area contributed by atoms with E-state index in [2.05, 4.69) is 5.32 Å². The number of hydrogen-bond acceptors (Lipinski definition) is 4. The van der Waals surface area contributed by atoms with Crippen LogP contribution >= 0.6 is 0 Å². The summed E-state index contributed by atoms with van der Waals surface area (Å²) in [4.78, 5) is 27.7. The van der Waals surface area contributed by atoms with Gasteiger partial charge in [0.25, 0.3) is 0 Å². The number of rotatable bonds is 12. The molecule has 8 heteroatoms. The fraction of sp³-hybridized carbons (Fsp3) is 0.481. The summed E-state index contributed by atoms with van der Waals surface area (Å²) in [5.74, 6) is -0.0794. The third-order valence-corrected chi connectivity index (χ3v) is 6.92. The number of sulfonamides is 1. The summed E-state index contributed by atoms with van der Waals surface area (Å²) < 4.78 is 26.2. The molecule has 0 bridgehead atoms. The SMILES string of the molecule is Cc1cccc(CN(C(=O)CCCN(c2cccc(C)c2)S(C)(=O)=O)C(C)C(=O)NCC(C)C)c1. The van der Waals surface area contributed by atoms with Gasteiger partial charge in [0.2, 0.25) is 21.8 Å². The molecule has 192 valence electrons. The van der Waals surface area contributed by atoms with Gasteiger partial charge in [0.05, 0.1) is 11.9 Å². The number of benzene rings is 2. The molecule has 1 N–H and O–H groups in total. The third-order valence-electron chi connectivity index (χ3n) is 5.73. The molecule has 7 nitrogen and oxygen atoms in total. The molecule has 0 aromatic heterocycles. The Morgan fingerprint density at radius 2 is 1.60 bits per heavy atom. The summed E-state index contributed by atoms with van der Waals surface area (Å²) >= 11 is 0. The predicted octanol–water partition coefficient (Wildman–Crippen LogP) is 4.04. The molecule has 2 amide bonds. The number of carbonyl (C=O) groups excluding carboxylic acids is 2. The summed E-state index contributed by atoms with van der Waals surface area (Å²) in [6.45, 7) is 10.7. The number of carbonyl (C=O) groups is 2. The van der Waals surface area contributed by atoms with E-state index in [1.165, 1.54) is 10.6 Å². The zero-order valence-corrected chi connectivity index (χ0v) is 22.6. The predicted molar refractivity (Wildman–Crippen MR) is 142 cm³/mol. The second-order valence-corrected chi connectivity index (χ2v) is 11.5. The van der Waals surface area contributed by atoms with E-state index >= 15 is 0 Å². The van der Waals surface area contributed by atoms with Gasteiger partial charge in [-0.05, 0) is 56.4 Å². The van der Waals surface area contributed by atoms with E-state index in [9.17, 15) is 18.0 Å². The molecule has 0 aliphatic carbocycles. The molecule has 35 heavy (non-hydrogen) atoms. The van der Waals surface area contributed by atoms with Crippen LogP contribution < -0.4 is 9.62 Å². The highest BCUT2D eigenvalue weighted by molar-refractivity contribution is 7.92. The molecule has 0 spiro atoms. The standard InChI is InChI=1S/C27H39N3O4S/c1-20(2)18-28-27(32)23(5)29(19-24-12-7-10-21(3)16-24)26(31)14-9-15-30(35(6,33)34)25-13-8-11-22(4)17-25/h7-8,10-13,16-17,20,23H,9,14-15,18-19H2,1-6H3,(H,28,32). The third kappa shape index (κ3) is 9.02. The quantitative estimate of drug-likeness (QED) is 0.476. The molecule has 1 atom stereocenters. The highest BCUT2D eigenvalue weighted by atomic mass is 32.2. The first-order valence-electron chi connectivity index (χ1n) is 12.1. The van der Waals surface area contributed by atoms with Crippen molar-refractivity contribution in [2.45, 2.75) is 60.0 Å². The summed E-state index contributed by atoms with van der Waals surface area (Å²) in [6, 6.07) is 14.5. The summed E-state index contributed by atoms with van der Waals surface area (Å²) in [5.41, 5.74) is 3.56. The van der Waals surface area contributed by atoms with Crippen molar-refractivity contribution < 1.29 is 18.0 Å². The zero-order valence-electron chi connectivity index (χ0n) is 21.7. The molecule has 0 saturated heterocycles. The minimum atomic E-state index is -3.51. The first-order chi connectivity index (χ1) is 16.4. The Hall–Kier alpha value is -2.87. The van der Waals surface area contributed by atoms with Crippen molar-refractivity contribution >= 4 is 27.5 Å². The number of anilines is 1. The van der Waals surface area contributed by atoms with E-state index < -0.39 is 16.1 Å². The molecule has 0 heterocycles. The van der Waals surface area contributed by atoms with Gasteiger partial charge in [-0.2, -0.15) is 0 Å². The monoisotopic (exact) mass is 501 g/mol. The maximum Gasteiger partial charge on any atom is 0.242 e. The Kier molecular flexibility index (Phi) is 10.3. The van der Waals surface area contributed by atoms with Crippen LogP contribution in [0.15, 0.2) is 48.5 Å². The minimum Gasteiger partial charge on any atom is -0.354 e. The Bertz CT molecular complexity index is 1110. The van der Waals surface area contributed by atoms with Crippen molar-refractivity contribution in [3.05, 3.63) is 65.2 Å². The van der Waals surface area contributed by atoms with Crippen molar-refractivity contribution in [2.75, 3.05) is 23.7 Å². The first-order valence-corrected chi connectivity index (χ1v) is 13.9. The van der Waals surface area contributed by atoms with Crippen LogP contribution in [-0.4, -0.2) is 50.5 Å². The van der Waals surface area contributed by atoms with Crippen LogP contribution in [0.1, 0.15) is 50.3 Å². The highest BCUT2D eigenvalue weighted by Crippen LogP contribution is 2.20. The fourth-order valence-corrected chi connectivity index (χ4v) is 4.79. The summed E-state index contributed by atoms with van der Waals surface area (Å²) in [5, 5.41) is 2.92. The number of amides is 2. The Morgan fingerprint density at radius 1 is 0.971 bits per heavy atom. The lowest BCUT2D eigenvalue weighted by Gasteiger charge is -2.30. The van der Waals surface area contributed by atoms with Crippen molar-refractivity contribution in [1.82, 2.24) is 10.2 Å². The molecule has 0 saturated carbocycles. The second kappa shape index (κ2) is 12.7. The minimum absolute atomic E-state index is 0.130. The molecule has 0 fully saturated rings. The van der Waals surface area contributed by atoms with Gasteiger partial charge in [0.15, 0.2) is 0 Å². The Balaban J connectivity index is 2.16. The van der Waals surface area contributed by atoms with Crippen LogP contribution in [0.5, 0.6) is 0 Å². The molecule has 2 aromatic rings. The van der Waals surface area contributed by atoms with Gasteiger partial charge < -0.3 is 10.2 Å².